The second-order valence-electron chi connectivity index (χ2n) is 4.23. The first-order chi connectivity index (χ1) is 8.88. The molecular weight excluding hydrogens is 263 g/mol. The number of piperazine rings is 1. The van der Waals surface area contributed by atoms with Gasteiger partial charge in [-0.1, -0.05) is 0 Å². The summed E-state index contributed by atoms with van der Waals surface area (Å²) < 4.78 is 38.2. The predicted octanol–water partition coefficient (Wildman–Crippen LogP) is 2.02. The van der Waals surface area contributed by atoms with Crippen LogP contribution in [0.25, 0.3) is 0 Å². The van der Waals surface area contributed by atoms with E-state index in [0.29, 0.717) is 32.2 Å². The van der Waals surface area contributed by atoms with Crippen molar-refractivity contribution in [2.24, 2.45) is 0 Å². The quantitative estimate of drug-likeness (QED) is 0.662. The zero-order valence-electron chi connectivity index (χ0n) is 9.91. The summed E-state index contributed by atoms with van der Waals surface area (Å²) in [6, 6.07) is 2.70. The van der Waals surface area contributed by atoms with Crippen LogP contribution in [0.5, 0.6) is 0 Å². The fourth-order valence-electron chi connectivity index (χ4n) is 1.97. The second-order valence-corrected chi connectivity index (χ2v) is 4.23. The Hall–Kier alpha value is -1.83. The molecule has 0 bridgehead atoms. The highest BCUT2D eigenvalue weighted by molar-refractivity contribution is 5.56. The number of nitro benzene ring substituents is 1. The zero-order valence-corrected chi connectivity index (χ0v) is 9.91. The average molecular weight is 275 g/mol. The van der Waals surface area contributed by atoms with Gasteiger partial charge in [-0.2, -0.15) is 13.2 Å². The van der Waals surface area contributed by atoms with Gasteiger partial charge in [-0.25, -0.2) is 0 Å². The molecule has 0 aromatic heterocycles. The smallest absolute Gasteiger partial charge is 0.369 e. The lowest BCUT2D eigenvalue weighted by atomic mass is 10.1. The molecule has 19 heavy (non-hydrogen) atoms. The zero-order chi connectivity index (χ0) is 14.0. The molecule has 104 valence electrons. The van der Waals surface area contributed by atoms with Crippen molar-refractivity contribution in [3.05, 3.63) is 33.9 Å². The maximum Gasteiger partial charge on any atom is 0.416 e. The molecule has 0 spiro atoms. The van der Waals surface area contributed by atoms with E-state index >= 15 is 0 Å². The Bertz CT molecular complexity index is 485. The molecule has 0 atom stereocenters. The van der Waals surface area contributed by atoms with Gasteiger partial charge in [0.05, 0.1) is 10.5 Å². The minimum atomic E-state index is -4.59. The molecule has 5 nitrogen and oxygen atoms in total. The van der Waals surface area contributed by atoms with Crippen LogP contribution >= 0.6 is 0 Å². The molecule has 1 aliphatic heterocycles. The normalized spacial score (nSPS) is 16.5. The molecule has 1 heterocycles. The number of halogens is 3. The highest BCUT2D eigenvalue weighted by Gasteiger charge is 2.33. The van der Waals surface area contributed by atoms with E-state index in [1.54, 1.807) is 4.90 Å². The number of alkyl halides is 3. The number of benzene rings is 1. The van der Waals surface area contributed by atoms with Crippen LogP contribution in [0.1, 0.15) is 5.56 Å². The first kappa shape index (κ1) is 13.6. The second kappa shape index (κ2) is 5.04. The fraction of sp³-hybridized carbons (Fsp3) is 0.455. The summed E-state index contributed by atoms with van der Waals surface area (Å²) in [5.41, 5.74) is -1.29. The molecule has 0 saturated carbocycles. The van der Waals surface area contributed by atoms with E-state index in [1.165, 1.54) is 6.07 Å². The summed E-state index contributed by atoms with van der Waals surface area (Å²) in [6.07, 6.45) is -4.59. The molecule has 1 N–H and O–H groups in total. The summed E-state index contributed by atoms with van der Waals surface area (Å²) in [4.78, 5) is 11.6. The van der Waals surface area contributed by atoms with Gasteiger partial charge in [-0.15, -0.1) is 0 Å². The number of rotatable bonds is 2. The van der Waals surface area contributed by atoms with E-state index in [0.717, 1.165) is 6.07 Å². The first-order valence-corrected chi connectivity index (χ1v) is 5.70. The van der Waals surface area contributed by atoms with Crippen molar-refractivity contribution < 1.29 is 18.1 Å². The third-order valence-electron chi connectivity index (χ3n) is 2.92. The third kappa shape index (κ3) is 3.14. The monoisotopic (exact) mass is 275 g/mol. The number of nitro groups is 1. The van der Waals surface area contributed by atoms with Crippen LogP contribution in [0.3, 0.4) is 0 Å². The Balaban J connectivity index is 2.41. The number of non-ortho nitro benzene ring substituents is 1. The molecule has 1 fully saturated rings. The highest BCUT2D eigenvalue weighted by Crippen LogP contribution is 2.35. The molecular formula is C11H12F3N3O2. The molecule has 1 aromatic carbocycles. The van der Waals surface area contributed by atoms with Gasteiger partial charge >= 0.3 is 6.18 Å². The summed E-state index contributed by atoms with van der Waals surface area (Å²) >= 11 is 0. The molecule has 1 aromatic rings. The van der Waals surface area contributed by atoms with Crippen LogP contribution < -0.4 is 10.2 Å². The predicted molar refractivity (Wildman–Crippen MR) is 63.2 cm³/mol. The fourth-order valence-corrected chi connectivity index (χ4v) is 1.97. The number of anilines is 1. The van der Waals surface area contributed by atoms with Crippen LogP contribution in [0.4, 0.5) is 24.5 Å². The minimum Gasteiger partial charge on any atom is -0.369 e. The van der Waals surface area contributed by atoms with Crippen molar-refractivity contribution in [1.29, 1.82) is 0 Å². The molecule has 0 radical (unpaired) electrons. The lowest BCUT2D eigenvalue weighted by molar-refractivity contribution is -0.385. The van der Waals surface area contributed by atoms with E-state index in [2.05, 4.69) is 5.32 Å². The number of hydrogen-bond acceptors (Lipinski definition) is 4. The molecule has 2 rings (SSSR count). The van der Waals surface area contributed by atoms with Crippen molar-refractivity contribution >= 4 is 11.4 Å². The Morgan fingerprint density at radius 1 is 1.21 bits per heavy atom. The van der Waals surface area contributed by atoms with Crippen molar-refractivity contribution in [3.8, 4) is 0 Å². The lowest BCUT2D eigenvalue weighted by Gasteiger charge is -2.29. The lowest BCUT2D eigenvalue weighted by Crippen LogP contribution is -2.43. The summed E-state index contributed by atoms with van der Waals surface area (Å²) in [6.45, 7) is 2.34. The summed E-state index contributed by atoms with van der Waals surface area (Å²) in [5, 5.41) is 13.8. The van der Waals surface area contributed by atoms with Gasteiger partial charge in [-0.3, -0.25) is 10.1 Å². The van der Waals surface area contributed by atoms with Gasteiger partial charge in [-0.05, 0) is 6.07 Å². The number of nitrogens with zero attached hydrogens (tertiary/aromatic N) is 2. The largest absolute Gasteiger partial charge is 0.416 e. The van der Waals surface area contributed by atoms with Crippen molar-refractivity contribution in [3.63, 3.8) is 0 Å². The van der Waals surface area contributed by atoms with Crippen molar-refractivity contribution in [2.75, 3.05) is 31.1 Å². The Morgan fingerprint density at radius 3 is 2.37 bits per heavy atom. The van der Waals surface area contributed by atoms with Gasteiger partial charge in [0.2, 0.25) is 0 Å². The van der Waals surface area contributed by atoms with Gasteiger partial charge in [0.15, 0.2) is 0 Å². The van der Waals surface area contributed by atoms with Gasteiger partial charge in [0, 0.05) is 44.0 Å². The highest BCUT2D eigenvalue weighted by atomic mass is 19.4. The average Bonchev–Trinajstić information content (AvgIpc) is 2.38. The van der Waals surface area contributed by atoms with E-state index < -0.39 is 22.4 Å². The summed E-state index contributed by atoms with van der Waals surface area (Å²) in [7, 11) is 0. The van der Waals surface area contributed by atoms with E-state index in [9.17, 15) is 23.3 Å². The first-order valence-electron chi connectivity index (χ1n) is 5.70. The van der Waals surface area contributed by atoms with Crippen LogP contribution in [-0.2, 0) is 6.18 Å². The van der Waals surface area contributed by atoms with Gasteiger partial charge in [0.25, 0.3) is 5.69 Å². The molecule has 1 aliphatic rings. The molecule has 0 unspecified atom stereocenters. The van der Waals surface area contributed by atoms with E-state index in [-0.39, 0.29) is 5.69 Å². The van der Waals surface area contributed by atoms with Crippen molar-refractivity contribution in [1.82, 2.24) is 5.32 Å². The van der Waals surface area contributed by atoms with E-state index in [4.69, 9.17) is 0 Å². The standard InChI is InChI=1S/C11H12F3N3O2/c12-11(13,14)8-5-9(7-10(6-8)17(18)19)16-3-1-15-2-4-16/h5-7,15H,1-4H2. The number of nitrogens with one attached hydrogen (secondary N) is 1. The maximum absolute atomic E-state index is 12.7. The Morgan fingerprint density at radius 2 is 1.84 bits per heavy atom. The summed E-state index contributed by atoms with van der Waals surface area (Å²) in [5.74, 6) is 0. The van der Waals surface area contributed by atoms with Crippen LogP contribution in [0.15, 0.2) is 18.2 Å². The SMILES string of the molecule is O=[N+]([O-])c1cc(N2CCNCC2)cc(C(F)(F)F)c1. The molecule has 0 aliphatic carbocycles. The van der Waals surface area contributed by atoms with Crippen LogP contribution in [0, 0.1) is 10.1 Å². The molecule has 0 amide bonds. The Labute approximate surface area is 107 Å². The third-order valence-corrected chi connectivity index (χ3v) is 2.92. The van der Waals surface area contributed by atoms with Crippen LogP contribution in [0.2, 0.25) is 0 Å². The Kier molecular flexibility index (Phi) is 3.61. The minimum absolute atomic E-state index is 0.239. The topological polar surface area (TPSA) is 58.4 Å². The number of hydrogen-bond donors (Lipinski definition) is 1. The van der Waals surface area contributed by atoms with Gasteiger partial charge < -0.3 is 10.2 Å². The van der Waals surface area contributed by atoms with E-state index in [1.807, 2.05) is 0 Å². The van der Waals surface area contributed by atoms with Crippen molar-refractivity contribution in [2.45, 2.75) is 6.18 Å². The van der Waals surface area contributed by atoms with Gasteiger partial charge in [0.1, 0.15) is 0 Å². The van der Waals surface area contributed by atoms with Crippen LogP contribution in [-0.4, -0.2) is 31.1 Å². The molecule has 8 heteroatoms. The molecule has 1 saturated heterocycles. The maximum atomic E-state index is 12.7.